The van der Waals surface area contributed by atoms with Gasteiger partial charge in [0, 0.05) is 5.56 Å². The molecule has 4 nitrogen and oxygen atoms in total. The zero-order valence-corrected chi connectivity index (χ0v) is 9.72. The predicted molar refractivity (Wildman–Crippen MR) is 67.2 cm³/mol. The Hall–Kier alpha value is -2.87. The highest BCUT2D eigenvalue weighted by Crippen LogP contribution is 2.17. The Kier molecular flexibility index (Phi) is 3.44. The molecular formula is C14H9FN2O2. The number of hydrogen-bond acceptors (Lipinski definition) is 3. The van der Waals surface area contributed by atoms with Crippen LogP contribution in [0.3, 0.4) is 0 Å². The SMILES string of the molecule is N#Cc1cc(F)ccc1NC(=O)c1ccc(O)cc1. The van der Waals surface area contributed by atoms with E-state index in [0.29, 0.717) is 5.56 Å². The lowest BCUT2D eigenvalue weighted by Crippen LogP contribution is -2.12. The van der Waals surface area contributed by atoms with E-state index >= 15 is 0 Å². The Morgan fingerprint density at radius 2 is 1.89 bits per heavy atom. The van der Waals surface area contributed by atoms with Gasteiger partial charge in [-0.1, -0.05) is 0 Å². The van der Waals surface area contributed by atoms with Crippen molar-refractivity contribution in [3.8, 4) is 11.8 Å². The van der Waals surface area contributed by atoms with Gasteiger partial charge in [0.05, 0.1) is 11.3 Å². The summed E-state index contributed by atoms with van der Waals surface area (Å²) in [4.78, 5) is 11.9. The van der Waals surface area contributed by atoms with Gasteiger partial charge in [0.15, 0.2) is 0 Å². The molecule has 2 N–H and O–H groups in total. The number of phenols is 1. The summed E-state index contributed by atoms with van der Waals surface area (Å²) in [6, 6.07) is 11.0. The molecule has 0 bridgehead atoms. The minimum Gasteiger partial charge on any atom is -0.508 e. The average molecular weight is 256 g/mol. The van der Waals surface area contributed by atoms with Crippen LogP contribution in [0.4, 0.5) is 10.1 Å². The largest absolute Gasteiger partial charge is 0.508 e. The lowest BCUT2D eigenvalue weighted by Gasteiger charge is -2.07. The second kappa shape index (κ2) is 5.19. The van der Waals surface area contributed by atoms with E-state index in [4.69, 9.17) is 10.4 Å². The normalized spacial score (nSPS) is 9.68. The number of anilines is 1. The molecule has 0 saturated heterocycles. The average Bonchev–Trinajstić information content (AvgIpc) is 2.41. The summed E-state index contributed by atoms with van der Waals surface area (Å²) in [5, 5.41) is 20.5. The van der Waals surface area contributed by atoms with Crippen LogP contribution >= 0.6 is 0 Å². The lowest BCUT2D eigenvalue weighted by molar-refractivity contribution is 0.102. The van der Waals surface area contributed by atoms with E-state index in [1.807, 2.05) is 6.07 Å². The molecule has 0 unspecified atom stereocenters. The molecule has 0 aliphatic heterocycles. The van der Waals surface area contributed by atoms with E-state index in [9.17, 15) is 9.18 Å². The smallest absolute Gasteiger partial charge is 0.255 e. The first-order valence-electron chi connectivity index (χ1n) is 5.40. The van der Waals surface area contributed by atoms with Crippen molar-refractivity contribution < 1.29 is 14.3 Å². The molecule has 19 heavy (non-hydrogen) atoms. The number of rotatable bonds is 2. The summed E-state index contributed by atoms with van der Waals surface area (Å²) in [6.07, 6.45) is 0. The van der Waals surface area contributed by atoms with Crippen molar-refractivity contribution in [3.63, 3.8) is 0 Å². The molecule has 0 aliphatic carbocycles. The van der Waals surface area contributed by atoms with Gasteiger partial charge in [-0.3, -0.25) is 4.79 Å². The Morgan fingerprint density at radius 1 is 1.21 bits per heavy atom. The fourth-order valence-electron chi connectivity index (χ4n) is 1.53. The summed E-state index contributed by atoms with van der Waals surface area (Å²) in [7, 11) is 0. The third-order valence-corrected chi connectivity index (χ3v) is 2.48. The van der Waals surface area contributed by atoms with Crippen LogP contribution in [-0.4, -0.2) is 11.0 Å². The first kappa shape index (κ1) is 12.6. The first-order chi connectivity index (χ1) is 9.10. The molecule has 0 radical (unpaired) electrons. The summed E-state index contributed by atoms with van der Waals surface area (Å²) < 4.78 is 12.9. The van der Waals surface area contributed by atoms with Gasteiger partial charge in [0.2, 0.25) is 0 Å². The van der Waals surface area contributed by atoms with E-state index in [2.05, 4.69) is 5.32 Å². The third-order valence-electron chi connectivity index (χ3n) is 2.48. The molecule has 2 aromatic carbocycles. The molecule has 0 aliphatic rings. The number of carbonyl (C=O) groups excluding carboxylic acids is 1. The number of hydrogen-bond donors (Lipinski definition) is 2. The van der Waals surface area contributed by atoms with Crippen LogP contribution in [0.25, 0.3) is 0 Å². The van der Waals surface area contributed by atoms with Crippen molar-refractivity contribution in [2.75, 3.05) is 5.32 Å². The van der Waals surface area contributed by atoms with Gasteiger partial charge in [-0.25, -0.2) is 4.39 Å². The number of carbonyl (C=O) groups is 1. The van der Waals surface area contributed by atoms with Gasteiger partial charge in [-0.05, 0) is 42.5 Å². The zero-order chi connectivity index (χ0) is 13.8. The van der Waals surface area contributed by atoms with Crippen LogP contribution < -0.4 is 5.32 Å². The van der Waals surface area contributed by atoms with Crippen LogP contribution in [0.2, 0.25) is 0 Å². The van der Waals surface area contributed by atoms with E-state index in [0.717, 1.165) is 12.1 Å². The number of halogens is 1. The quantitative estimate of drug-likeness (QED) is 0.867. The highest BCUT2D eigenvalue weighted by Gasteiger charge is 2.09. The van der Waals surface area contributed by atoms with Crippen LogP contribution in [-0.2, 0) is 0 Å². The fourth-order valence-corrected chi connectivity index (χ4v) is 1.53. The Morgan fingerprint density at radius 3 is 2.53 bits per heavy atom. The molecule has 94 valence electrons. The summed E-state index contributed by atoms with van der Waals surface area (Å²) in [5.74, 6) is -0.932. The number of benzene rings is 2. The summed E-state index contributed by atoms with van der Waals surface area (Å²) in [6.45, 7) is 0. The molecule has 0 saturated carbocycles. The standard InChI is InChI=1S/C14H9FN2O2/c15-11-3-6-13(10(7-11)8-16)17-14(19)9-1-4-12(18)5-2-9/h1-7,18H,(H,17,19). The molecule has 2 rings (SSSR count). The Labute approximate surface area is 108 Å². The number of nitrogens with one attached hydrogen (secondary N) is 1. The predicted octanol–water partition coefficient (Wildman–Crippen LogP) is 2.66. The zero-order valence-electron chi connectivity index (χ0n) is 9.72. The maximum atomic E-state index is 12.9. The van der Waals surface area contributed by atoms with E-state index in [-0.39, 0.29) is 17.0 Å². The summed E-state index contributed by atoms with van der Waals surface area (Å²) in [5.41, 5.74) is 0.611. The van der Waals surface area contributed by atoms with E-state index in [1.54, 1.807) is 0 Å². The van der Waals surface area contributed by atoms with Crippen LogP contribution in [0, 0.1) is 17.1 Å². The molecule has 5 heteroatoms. The van der Waals surface area contributed by atoms with Crippen LogP contribution in [0.5, 0.6) is 5.75 Å². The minimum absolute atomic E-state index is 0.0483. The monoisotopic (exact) mass is 256 g/mol. The van der Waals surface area contributed by atoms with Crippen molar-refractivity contribution in [1.29, 1.82) is 5.26 Å². The number of nitriles is 1. The second-order valence-electron chi connectivity index (χ2n) is 3.80. The first-order valence-corrected chi connectivity index (χ1v) is 5.40. The maximum absolute atomic E-state index is 12.9. The highest BCUT2D eigenvalue weighted by atomic mass is 19.1. The molecule has 1 amide bonds. The Balaban J connectivity index is 2.24. The van der Waals surface area contributed by atoms with Crippen LogP contribution in [0.15, 0.2) is 42.5 Å². The van der Waals surface area contributed by atoms with E-state index in [1.165, 1.54) is 30.3 Å². The van der Waals surface area contributed by atoms with Crippen LogP contribution in [0.1, 0.15) is 15.9 Å². The number of amides is 1. The number of nitrogens with zero attached hydrogens (tertiary/aromatic N) is 1. The molecule has 0 aromatic heterocycles. The fraction of sp³-hybridized carbons (Fsp3) is 0. The molecule has 0 spiro atoms. The van der Waals surface area contributed by atoms with Crippen molar-refractivity contribution in [1.82, 2.24) is 0 Å². The second-order valence-corrected chi connectivity index (χ2v) is 3.80. The van der Waals surface area contributed by atoms with Crippen molar-refractivity contribution in [3.05, 3.63) is 59.4 Å². The minimum atomic E-state index is -0.542. The van der Waals surface area contributed by atoms with Crippen molar-refractivity contribution >= 4 is 11.6 Å². The van der Waals surface area contributed by atoms with Gasteiger partial charge in [0.25, 0.3) is 5.91 Å². The lowest BCUT2D eigenvalue weighted by atomic mass is 10.1. The van der Waals surface area contributed by atoms with Gasteiger partial charge in [0.1, 0.15) is 17.6 Å². The maximum Gasteiger partial charge on any atom is 0.255 e. The molecule has 0 atom stereocenters. The highest BCUT2D eigenvalue weighted by molar-refractivity contribution is 6.04. The van der Waals surface area contributed by atoms with E-state index < -0.39 is 11.7 Å². The van der Waals surface area contributed by atoms with Crippen molar-refractivity contribution in [2.24, 2.45) is 0 Å². The number of aromatic hydroxyl groups is 1. The molecule has 2 aromatic rings. The van der Waals surface area contributed by atoms with Gasteiger partial charge in [-0.15, -0.1) is 0 Å². The summed E-state index contributed by atoms with van der Waals surface area (Å²) >= 11 is 0. The van der Waals surface area contributed by atoms with Gasteiger partial charge >= 0.3 is 0 Å². The van der Waals surface area contributed by atoms with Gasteiger partial charge < -0.3 is 10.4 Å². The Bertz CT molecular complexity index is 660. The molecule has 0 fully saturated rings. The third kappa shape index (κ3) is 2.87. The van der Waals surface area contributed by atoms with Gasteiger partial charge in [-0.2, -0.15) is 5.26 Å². The number of phenolic OH excluding ortho intramolecular Hbond substituents is 1. The molecular weight excluding hydrogens is 247 g/mol. The molecule has 0 heterocycles. The van der Waals surface area contributed by atoms with Crippen molar-refractivity contribution in [2.45, 2.75) is 0 Å². The topological polar surface area (TPSA) is 73.1 Å².